The first-order chi connectivity index (χ1) is 17.0. The maximum atomic E-state index is 13.7. The molecular formula is C27H35N3O5S. The van der Waals surface area contributed by atoms with Crippen molar-refractivity contribution in [2.24, 2.45) is 5.92 Å². The predicted molar refractivity (Wildman–Crippen MR) is 137 cm³/mol. The molecule has 8 nitrogen and oxygen atoms in total. The van der Waals surface area contributed by atoms with E-state index in [9.17, 15) is 18.0 Å². The number of amides is 2. The van der Waals surface area contributed by atoms with E-state index in [1.807, 2.05) is 51.1 Å². The molecule has 0 aliphatic carbocycles. The summed E-state index contributed by atoms with van der Waals surface area (Å²) < 4.78 is 34.2. The van der Waals surface area contributed by atoms with Crippen molar-refractivity contribution in [1.29, 1.82) is 0 Å². The lowest BCUT2D eigenvalue weighted by molar-refractivity contribution is -0.127. The Hall–Kier alpha value is -2.91. The lowest BCUT2D eigenvalue weighted by Crippen LogP contribution is -2.49. The number of rotatable bonds is 5. The number of ether oxygens (including phenoxy) is 1. The van der Waals surface area contributed by atoms with Crippen LogP contribution in [-0.4, -0.2) is 60.9 Å². The SMILES string of the molecule is CC(C)(C)OC(=O)N1CCC(NC(=O)C2CC[C@@H](c3ccccc3)N(S(=O)(=O)c3ccccc3)C2)C1. The highest BCUT2D eigenvalue weighted by molar-refractivity contribution is 7.89. The molecule has 2 fully saturated rings. The molecular weight excluding hydrogens is 478 g/mol. The molecule has 2 aromatic rings. The van der Waals surface area contributed by atoms with Crippen LogP contribution in [-0.2, 0) is 19.6 Å². The van der Waals surface area contributed by atoms with Crippen LogP contribution >= 0.6 is 0 Å². The van der Waals surface area contributed by atoms with Gasteiger partial charge in [0.15, 0.2) is 0 Å². The highest BCUT2D eigenvalue weighted by Crippen LogP contribution is 2.37. The van der Waals surface area contributed by atoms with E-state index in [2.05, 4.69) is 5.32 Å². The van der Waals surface area contributed by atoms with Gasteiger partial charge in [0.25, 0.3) is 0 Å². The molecule has 3 atom stereocenters. The van der Waals surface area contributed by atoms with E-state index in [4.69, 9.17) is 4.74 Å². The highest BCUT2D eigenvalue weighted by Gasteiger charge is 2.41. The van der Waals surface area contributed by atoms with Crippen LogP contribution in [0.25, 0.3) is 0 Å². The fourth-order valence-electron chi connectivity index (χ4n) is 4.84. The summed E-state index contributed by atoms with van der Waals surface area (Å²) in [7, 11) is -3.81. The predicted octanol–water partition coefficient (Wildman–Crippen LogP) is 3.95. The Bertz CT molecular complexity index is 1160. The molecule has 0 bridgehead atoms. The van der Waals surface area contributed by atoms with Gasteiger partial charge in [-0.15, -0.1) is 0 Å². The van der Waals surface area contributed by atoms with Gasteiger partial charge in [-0.3, -0.25) is 4.79 Å². The van der Waals surface area contributed by atoms with Crippen LogP contribution in [0.15, 0.2) is 65.6 Å². The monoisotopic (exact) mass is 513 g/mol. The maximum Gasteiger partial charge on any atom is 0.410 e. The van der Waals surface area contributed by atoms with E-state index in [0.29, 0.717) is 32.4 Å². The molecule has 0 saturated carbocycles. The average molecular weight is 514 g/mol. The van der Waals surface area contributed by atoms with Gasteiger partial charge in [-0.25, -0.2) is 13.2 Å². The smallest absolute Gasteiger partial charge is 0.410 e. The standard InChI is InChI=1S/C27H35N3O5S/c1-27(2,3)35-26(32)29-17-16-22(19-29)28-25(31)21-14-15-24(20-10-6-4-7-11-20)30(18-21)36(33,34)23-12-8-5-9-13-23/h4-13,21-22,24H,14-19H2,1-3H3,(H,28,31)/t21?,22?,24-/m0/s1. The molecule has 1 N–H and O–H groups in total. The molecule has 9 heteroatoms. The summed E-state index contributed by atoms with van der Waals surface area (Å²) in [5.74, 6) is -0.648. The molecule has 2 amide bonds. The second-order valence-electron chi connectivity index (χ2n) is 10.5. The molecule has 4 rings (SSSR count). The number of carbonyl (C=O) groups excluding carboxylic acids is 2. The number of benzene rings is 2. The fourth-order valence-corrected chi connectivity index (χ4v) is 6.55. The van der Waals surface area contributed by atoms with Crippen LogP contribution in [0.4, 0.5) is 4.79 Å². The number of sulfonamides is 1. The average Bonchev–Trinajstić information content (AvgIpc) is 3.32. The van der Waals surface area contributed by atoms with Crippen molar-refractivity contribution in [2.45, 2.75) is 62.6 Å². The van der Waals surface area contributed by atoms with Gasteiger partial charge in [0, 0.05) is 25.7 Å². The zero-order chi connectivity index (χ0) is 25.9. The Kier molecular flexibility index (Phi) is 7.70. The first kappa shape index (κ1) is 26.2. The third-order valence-corrected chi connectivity index (χ3v) is 8.52. The van der Waals surface area contributed by atoms with Crippen LogP contribution in [0.1, 0.15) is 51.6 Å². The minimum Gasteiger partial charge on any atom is -0.444 e. The Morgan fingerprint density at radius 1 is 0.917 bits per heavy atom. The van der Waals surface area contributed by atoms with Gasteiger partial charge < -0.3 is 15.0 Å². The molecule has 2 unspecified atom stereocenters. The lowest BCUT2D eigenvalue weighted by atomic mass is 9.90. The van der Waals surface area contributed by atoms with E-state index < -0.39 is 21.5 Å². The van der Waals surface area contributed by atoms with E-state index in [1.54, 1.807) is 35.2 Å². The van der Waals surface area contributed by atoms with Crippen molar-refractivity contribution < 1.29 is 22.7 Å². The largest absolute Gasteiger partial charge is 0.444 e. The summed E-state index contributed by atoms with van der Waals surface area (Å²) in [6.07, 6.45) is 1.37. The molecule has 0 spiro atoms. The zero-order valence-electron chi connectivity index (χ0n) is 21.1. The fraction of sp³-hybridized carbons (Fsp3) is 0.481. The summed E-state index contributed by atoms with van der Waals surface area (Å²) in [5.41, 5.74) is 0.337. The van der Waals surface area contributed by atoms with Crippen molar-refractivity contribution in [3.63, 3.8) is 0 Å². The minimum atomic E-state index is -3.81. The van der Waals surface area contributed by atoms with Crippen LogP contribution in [0, 0.1) is 5.92 Å². The summed E-state index contributed by atoms with van der Waals surface area (Å²) in [6.45, 7) is 6.45. The lowest BCUT2D eigenvalue weighted by Gasteiger charge is -2.38. The molecule has 2 aliphatic heterocycles. The summed E-state index contributed by atoms with van der Waals surface area (Å²) >= 11 is 0. The first-order valence-corrected chi connectivity index (χ1v) is 13.9. The van der Waals surface area contributed by atoms with Crippen LogP contribution in [0.3, 0.4) is 0 Å². The summed E-state index contributed by atoms with van der Waals surface area (Å²) in [4.78, 5) is 27.4. The van der Waals surface area contributed by atoms with Crippen LogP contribution < -0.4 is 5.32 Å². The quantitative estimate of drug-likeness (QED) is 0.653. The van der Waals surface area contributed by atoms with Gasteiger partial charge in [-0.2, -0.15) is 4.31 Å². The topological polar surface area (TPSA) is 96.0 Å². The number of piperidine rings is 1. The van der Waals surface area contributed by atoms with E-state index in [1.165, 1.54) is 4.31 Å². The molecule has 36 heavy (non-hydrogen) atoms. The third-order valence-electron chi connectivity index (χ3n) is 6.63. The van der Waals surface area contributed by atoms with Gasteiger partial charge in [0.1, 0.15) is 5.60 Å². The number of hydrogen-bond acceptors (Lipinski definition) is 5. The molecule has 2 aliphatic rings. The minimum absolute atomic E-state index is 0.102. The van der Waals surface area contributed by atoms with Crippen molar-refractivity contribution in [3.05, 3.63) is 66.2 Å². The second-order valence-corrected chi connectivity index (χ2v) is 12.4. The van der Waals surface area contributed by atoms with Crippen molar-refractivity contribution in [3.8, 4) is 0 Å². The number of nitrogens with one attached hydrogen (secondary N) is 1. The Labute approximate surface area is 213 Å². The summed E-state index contributed by atoms with van der Waals surface area (Å²) in [6, 6.07) is 17.4. The number of nitrogens with zero attached hydrogens (tertiary/aromatic N) is 2. The van der Waals surface area contributed by atoms with E-state index >= 15 is 0 Å². The molecule has 0 radical (unpaired) electrons. The Morgan fingerprint density at radius 3 is 2.19 bits per heavy atom. The zero-order valence-corrected chi connectivity index (χ0v) is 21.9. The van der Waals surface area contributed by atoms with Gasteiger partial charge in [0.2, 0.25) is 15.9 Å². The molecule has 2 saturated heterocycles. The third kappa shape index (κ3) is 6.07. The van der Waals surface area contributed by atoms with Crippen molar-refractivity contribution in [2.75, 3.05) is 19.6 Å². The Morgan fingerprint density at radius 2 is 1.56 bits per heavy atom. The van der Waals surface area contributed by atoms with Crippen molar-refractivity contribution >= 4 is 22.0 Å². The van der Waals surface area contributed by atoms with Crippen LogP contribution in [0.2, 0.25) is 0 Å². The normalized spacial score (nSPS) is 23.3. The van der Waals surface area contributed by atoms with E-state index in [0.717, 1.165) is 5.56 Å². The van der Waals surface area contributed by atoms with E-state index in [-0.39, 0.29) is 35.5 Å². The van der Waals surface area contributed by atoms with Gasteiger partial charge in [-0.1, -0.05) is 48.5 Å². The van der Waals surface area contributed by atoms with Gasteiger partial charge in [-0.05, 0) is 57.7 Å². The second kappa shape index (κ2) is 10.6. The number of carbonyl (C=O) groups is 2. The molecule has 0 aromatic heterocycles. The number of hydrogen-bond donors (Lipinski definition) is 1. The molecule has 194 valence electrons. The molecule has 2 aromatic carbocycles. The maximum absolute atomic E-state index is 13.7. The Balaban J connectivity index is 1.47. The summed E-state index contributed by atoms with van der Waals surface area (Å²) in [5, 5.41) is 3.05. The van der Waals surface area contributed by atoms with Crippen molar-refractivity contribution in [1.82, 2.24) is 14.5 Å². The number of likely N-dealkylation sites (tertiary alicyclic amines) is 1. The van der Waals surface area contributed by atoms with Gasteiger partial charge in [0.05, 0.1) is 16.9 Å². The first-order valence-electron chi connectivity index (χ1n) is 12.4. The molecule has 2 heterocycles. The van der Waals surface area contributed by atoms with Gasteiger partial charge >= 0.3 is 6.09 Å². The van der Waals surface area contributed by atoms with Crippen LogP contribution in [0.5, 0.6) is 0 Å². The highest BCUT2D eigenvalue weighted by atomic mass is 32.2.